The van der Waals surface area contributed by atoms with E-state index in [1.54, 1.807) is 18.6 Å². The van der Waals surface area contributed by atoms with Gasteiger partial charge in [0.15, 0.2) is 0 Å². The summed E-state index contributed by atoms with van der Waals surface area (Å²) in [5.41, 5.74) is 6.17. The molecule has 4 aromatic rings. The highest BCUT2D eigenvalue weighted by Crippen LogP contribution is 2.29. The molecule has 0 bridgehead atoms. The molecule has 7 nitrogen and oxygen atoms in total. The van der Waals surface area contributed by atoms with E-state index in [0.717, 1.165) is 47.8 Å². The van der Waals surface area contributed by atoms with Crippen LogP contribution in [0.4, 0.5) is 17.3 Å². The maximum Gasteiger partial charge on any atom is 0.255 e. The lowest BCUT2D eigenvalue weighted by molar-refractivity contribution is 0.102. The van der Waals surface area contributed by atoms with Gasteiger partial charge in [-0.2, -0.15) is 0 Å². The van der Waals surface area contributed by atoms with E-state index in [1.807, 2.05) is 55.5 Å². The van der Waals surface area contributed by atoms with Crippen LogP contribution in [0.3, 0.4) is 0 Å². The number of likely N-dealkylation sites (tertiary alicyclic amines) is 1. The van der Waals surface area contributed by atoms with Gasteiger partial charge < -0.3 is 15.5 Å². The van der Waals surface area contributed by atoms with E-state index in [4.69, 9.17) is 0 Å². The number of carbonyl (C=O) groups excluding carboxylic acids is 1. The van der Waals surface area contributed by atoms with Crippen molar-refractivity contribution < 1.29 is 4.79 Å². The molecule has 1 saturated heterocycles. The minimum absolute atomic E-state index is 0.155. The SMILES string of the molecule is CCN1CCC(c2ccc(NC(=O)c3ccc(C)c(Nc4nccc(-c5cccnc5)n4)c3)cc2)CC1. The molecule has 1 fully saturated rings. The second-order valence-electron chi connectivity index (χ2n) is 9.45. The summed E-state index contributed by atoms with van der Waals surface area (Å²) < 4.78 is 0. The summed E-state index contributed by atoms with van der Waals surface area (Å²) in [6, 6.07) is 19.6. The van der Waals surface area contributed by atoms with Crippen LogP contribution in [0.15, 0.2) is 79.3 Å². The highest BCUT2D eigenvalue weighted by atomic mass is 16.1. The van der Waals surface area contributed by atoms with Gasteiger partial charge in [-0.1, -0.05) is 25.1 Å². The average molecular weight is 493 g/mol. The zero-order chi connectivity index (χ0) is 25.6. The van der Waals surface area contributed by atoms with Crippen molar-refractivity contribution in [1.82, 2.24) is 19.9 Å². The number of amides is 1. The molecule has 0 saturated carbocycles. The molecule has 5 rings (SSSR count). The summed E-state index contributed by atoms with van der Waals surface area (Å²) in [6.45, 7) is 7.64. The summed E-state index contributed by atoms with van der Waals surface area (Å²) in [4.78, 5) is 28.7. The van der Waals surface area contributed by atoms with E-state index >= 15 is 0 Å². The highest BCUT2D eigenvalue weighted by molar-refractivity contribution is 6.05. The Morgan fingerprint density at radius 3 is 2.57 bits per heavy atom. The number of nitrogens with one attached hydrogen (secondary N) is 2. The molecule has 0 aliphatic carbocycles. The molecule has 1 amide bonds. The van der Waals surface area contributed by atoms with Crippen molar-refractivity contribution in [2.24, 2.45) is 0 Å². The molecular formula is C30H32N6O. The topological polar surface area (TPSA) is 83.0 Å². The Labute approximate surface area is 218 Å². The lowest BCUT2D eigenvalue weighted by atomic mass is 9.89. The molecule has 3 heterocycles. The van der Waals surface area contributed by atoms with Gasteiger partial charge in [0.25, 0.3) is 5.91 Å². The van der Waals surface area contributed by atoms with Crippen LogP contribution in [0.5, 0.6) is 0 Å². The molecule has 2 aromatic heterocycles. The number of aryl methyl sites for hydroxylation is 1. The lowest BCUT2D eigenvalue weighted by Crippen LogP contribution is -2.32. The number of aromatic nitrogens is 3. The van der Waals surface area contributed by atoms with Gasteiger partial charge in [0.2, 0.25) is 5.95 Å². The number of carbonyl (C=O) groups is 1. The fourth-order valence-electron chi connectivity index (χ4n) is 4.74. The molecule has 1 aliphatic heterocycles. The molecule has 2 aromatic carbocycles. The fraction of sp³-hybridized carbons (Fsp3) is 0.267. The first-order chi connectivity index (χ1) is 18.1. The molecule has 0 spiro atoms. The van der Waals surface area contributed by atoms with Crippen molar-refractivity contribution in [3.05, 3.63) is 95.9 Å². The summed E-state index contributed by atoms with van der Waals surface area (Å²) in [5, 5.41) is 6.30. The Morgan fingerprint density at radius 1 is 1.03 bits per heavy atom. The van der Waals surface area contributed by atoms with Crippen LogP contribution in [0.1, 0.15) is 47.2 Å². The van der Waals surface area contributed by atoms with Crippen LogP contribution < -0.4 is 10.6 Å². The Morgan fingerprint density at radius 2 is 1.84 bits per heavy atom. The Balaban J connectivity index is 1.25. The minimum Gasteiger partial charge on any atom is -0.324 e. The van der Waals surface area contributed by atoms with E-state index in [-0.39, 0.29) is 5.91 Å². The summed E-state index contributed by atoms with van der Waals surface area (Å²) in [6.07, 6.45) is 7.58. The van der Waals surface area contributed by atoms with Gasteiger partial charge in [-0.05, 0) is 98.9 Å². The van der Waals surface area contributed by atoms with Crippen molar-refractivity contribution in [3.8, 4) is 11.3 Å². The molecule has 7 heteroatoms. The molecule has 1 aliphatic rings. The first-order valence-corrected chi connectivity index (χ1v) is 12.8. The average Bonchev–Trinajstić information content (AvgIpc) is 2.95. The van der Waals surface area contributed by atoms with Gasteiger partial charge in [0, 0.05) is 41.1 Å². The number of anilines is 3. The number of benzene rings is 2. The maximum absolute atomic E-state index is 13.0. The third-order valence-electron chi connectivity index (χ3n) is 7.03. The smallest absolute Gasteiger partial charge is 0.255 e. The Hall–Kier alpha value is -4.10. The molecule has 0 radical (unpaired) electrons. The quantitative estimate of drug-likeness (QED) is 0.327. The van der Waals surface area contributed by atoms with Gasteiger partial charge in [0.1, 0.15) is 0 Å². The zero-order valence-electron chi connectivity index (χ0n) is 21.3. The maximum atomic E-state index is 13.0. The summed E-state index contributed by atoms with van der Waals surface area (Å²) in [5.74, 6) is 0.900. The van der Waals surface area contributed by atoms with Gasteiger partial charge in [-0.15, -0.1) is 0 Å². The van der Waals surface area contributed by atoms with E-state index in [0.29, 0.717) is 17.4 Å². The summed E-state index contributed by atoms with van der Waals surface area (Å²) in [7, 11) is 0. The van der Waals surface area contributed by atoms with Crippen molar-refractivity contribution in [2.45, 2.75) is 32.6 Å². The van der Waals surface area contributed by atoms with Crippen LogP contribution in [-0.2, 0) is 0 Å². The molecule has 2 N–H and O–H groups in total. The molecule has 188 valence electrons. The molecule has 0 unspecified atom stereocenters. The predicted molar refractivity (Wildman–Crippen MR) is 148 cm³/mol. The minimum atomic E-state index is -0.155. The zero-order valence-corrected chi connectivity index (χ0v) is 21.3. The fourth-order valence-corrected chi connectivity index (χ4v) is 4.74. The monoisotopic (exact) mass is 492 g/mol. The predicted octanol–water partition coefficient (Wildman–Crippen LogP) is 6.04. The number of pyridine rings is 1. The summed E-state index contributed by atoms with van der Waals surface area (Å²) >= 11 is 0. The third kappa shape index (κ3) is 6.01. The van der Waals surface area contributed by atoms with Gasteiger partial charge in [-0.25, -0.2) is 9.97 Å². The Kier molecular flexibility index (Phi) is 7.51. The number of rotatable bonds is 7. The standard InChI is InChI=1S/C30H32N6O/c1-3-36-17-13-23(14-18-36)22-8-10-26(11-9-22)33-29(37)24-7-6-21(2)28(19-24)35-30-32-16-12-27(34-30)25-5-4-15-31-20-25/h4-12,15-16,19-20,23H,3,13-14,17-18H2,1-2H3,(H,33,37)(H,32,34,35). The molecule has 0 atom stereocenters. The van der Waals surface area contributed by atoms with Crippen molar-refractivity contribution >= 4 is 23.2 Å². The van der Waals surface area contributed by atoms with Crippen LogP contribution in [0.25, 0.3) is 11.3 Å². The molecule has 37 heavy (non-hydrogen) atoms. The van der Waals surface area contributed by atoms with Crippen LogP contribution in [-0.4, -0.2) is 45.4 Å². The van der Waals surface area contributed by atoms with E-state index in [2.05, 4.69) is 49.5 Å². The van der Waals surface area contributed by atoms with Crippen molar-refractivity contribution in [2.75, 3.05) is 30.3 Å². The molecular weight excluding hydrogens is 460 g/mol. The number of hydrogen-bond donors (Lipinski definition) is 2. The van der Waals surface area contributed by atoms with Crippen LogP contribution >= 0.6 is 0 Å². The number of piperidine rings is 1. The number of hydrogen-bond acceptors (Lipinski definition) is 6. The second kappa shape index (κ2) is 11.3. The van der Waals surface area contributed by atoms with E-state index in [9.17, 15) is 4.79 Å². The normalized spacial score (nSPS) is 14.3. The van der Waals surface area contributed by atoms with Gasteiger partial charge >= 0.3 is 0 Å². The van der Waals surface area contributed by atoms with E-state index < -0.39 is 0 Å². The first-order valence-electron chi connectivity index (χ1n) is 12.8. The van der Waals surface area contributed by atoms with Gasteiger partial charge in [-0.3, -0.25) is 9.78 Å². The van der Waals surface area contributed by atoms with Crippen molar-refractivity contribution in [3.63, 3.8) is 0 Å². The largest absolute Gasteiger partial charge is 0.324 e. The van der Waals surface area contributed by atoms with Crippen molar-refractivity contribution in [1.29, 1.82) is 0 Å². The van der Waals surface area contributed by atoms with Crippen LogP contribution in [0, 0.1) is 6.92 Å². The number of nitrogens with zero attached hydrogens (tertiary/aromatic N) is 4. The first kappa shape index (κ1) is 24.6. The van der Waals surface area contributed by atoms with E-state index in [1.165, 1.54) is 18.4 Å². The highest BCUT2D eigenvalue weighted by Gasteiger charge is 2.19. The van der Waals surface area contributed by atoms with Gasteiger partial charge in [0.05, 0.1) is 5.69 Å². The third-order valence-corrected chi connectivity index (χ3v) is 7.03. The lowest BCUT2D eigenvalue weighted by Gasteiger charge is -2.31. The Bertz CT molecular complexity index is 1350. The van der Waals surface area contributed by atoms with Crippen LogP contribution in [0.2, 0.25) is 0 Å². The second-order valence-corrected chi connectivity index (χ2v) is 9.45.